The fraction of sp³-hybridized carbons (Fsp3) is 0.765. The van der Waals surface area contributed by atoms with Gasteiger partial charge in [0.2, 0.25) is 0 Å². The Morgan fingerprint density at radius 3 is 2.67 bits per heavy atom. The molecule has 1 aliphatic heterocycles. The van der Waals surface area contributed by atoms with Crippen LogP contribution in [0.4, 0.5) is 0 Å². The summed E-state index contributed by atoms with van der Waals surface area (Å²) in [6.07, 6.45) is 0. The van der Waals surface area contributed by atoms with Gasteiger partial charge in [0.1, 0.15) is 11.5 Å². The van der Waals surface area contributed by atoms with Crippen molar-refractivity contribution in [2.75, 3.05) is 19.7 Å². The van der Waals surface area contributed by atoms with Crippen molar-refractivity contribution < 1.29 is 9.15 Å². The number of nitrogens with zero attached hydrogens (tertiary/aromatic N) is 1. The molecule has 1 fully saturated rings. The van der Waals surface area contributed by atoms with Gasteiger partial charge < -0.3 is 14.5 Å². The predicted octanol–water partition coefficient (Wildman–Crippen LogP) is 3.09. The number of morpholine rings is 1. The van der Waals surface area contributed by atoms with E-state index in [2.05, 4.69) is 57.8 Å². The van der Waals surface area contributed by atoms with Gasteiger partial charge in [0.15, 0.2) is 0 Å². The average Bonchev–Trinajstić information content (AvgIpc) is 2.64. The third-order valence-electron chi connectivity index (χ3n) is 3.74. The van der Waals surface area contributed by atoms with E-state index in [1.165, 1.54) is 5.56 Å². The molecule has 1 saturated heterocycles. The third kappa shape index (κ3) is 5.13. The van der Waals surface area contributed by atoms with Gasteiger partial charge >= 0.3 is 0 Å². The maximum absolute atomic E-state index is 6.04. The smallest absolute Gasteiger partial charge is 0.120 e. The zero-order valence-corrected chi connectivity index (χ0v) is 14.4. The first kappa shape index (κ1) is 16.5. The monoisotopic (exact) mass is 294 g/mol. The highest BCUT2D eigenvalue weighted by Crippen LogP contribution is 2.21. The van der Waals surface area contributed by atoms with Crippen molar-refractivity contribution in [3.8, 4) is 0 Å². The van der Waals surface area contributed by atoms with Gasteiger partial charge in [0.25, 0.3) is 0 Å². The second kappa shape index (κ2) is 6.11. The molecule has 1 aromatic rings. The average molecular weight is 294 g/mol. The molecule has 120 valence electrons. The summed E-state index contributed by atoms with van der Waals surface area (Å²) in [7, 11) is 0. The van der Waals surface area contributed by atoms with Crippen LogP contribution in [0.15, 0.2) is 10.5 Å². The van der Waals surface area contributed by atoms with Crippen molar-refractivity contribution in [1.29, 1.82) is 0 Å². The number of nitrogens with one attached hydrogen (secondary N) is 1. The normalized spacial score (nSPS) is 19.9. The van der Waals surface area contributed by atoms with E-state index in [0.29, 0.717) is 0 Å². The second-order valence-electron chi connectivity index (χ2n) is 7.74. The summed E-state index contributed by atoms with van der Waals surface area (Å²) in [5.74, 6) is 2.10. The van der Waals surface area contributed by atoms with Crippen LogP contribution in [0, 0.1) is 6.92 Å². The minimum atomic E-state index is -0.0590. The van der Waals surface area contributed by atoms with Crippen LogP contribution in [-0.2, 0) is 17.8 Å². The van der Waals surface area contributed by atoms with Gasteiger partial charge in [-0.15, -0.1) is 0 Å². The highest BCUT2D eigenvalue weighted by Gasteiger charge is 2.27. The van der Waals surface area contributed by atoms with Crippen molar-refractivity contribution in [3.63, 3.8) is 0 Å². The van der Waals surface area contributed by atoms with Crippen LogP contribution in [0.3, 0.4) is 0 Å². The zero-order valence-electron chi connectivity index (χ0n) is 14.4. The molecule has 0 aromatic carbocycles. The molecule has 1 N–H and O–H groups in total. The Labute approximate surface area is 128 Å². The van der Waals surface area contributed by atoms with Gasteiger partial charge in [-0.05, 0) is 53.2 Å². The van der Waals surface area contributed by atoms with Crippen LogP contribution in [0.5, 0.6) is 0 Å². The Bertz CT molecular complexity index is 472. The van der Waals surface area contributed by atoms with E-state index < -0.39 is 0 Å². The molecular weight excluding hydrogens is 264 g/mol. The number of rotatable bonds is 4. The minimum absolute atomic E-state index is 0.0590. The lowest BCUT2D eigenvalue weighted by Crippen LogP contribution is -2.47. The topological polar surface area (TPSA) is 37.6 Å². The van der Waals surface area contributed by atoms with Crippen molar-refractivity contribution in [1.82, 2.24) is 10.2 Å². The summed E-state index contributed by atoms with van der Waals surface area (Å²) < 4.78 is 11.8. The number of hydrogen-bond donors (Lipinski definition) is 1. The van der Waals surface area contributed by atoms with Gasteiger partial charge in [-0.1, -0.05) is 0 Å². The quantitative estimate of drug-likeness (QED) is 0.926. The maximum Gasteiger partial charge on any atom is 0.120 e. The maximum atomic E-state index is 6.04. The molecule has 21 heavy (non-hydrogen) atoms. The summed E-state index contributed by atoms with van der Waals surface area (Å²) in [6, 6.07) is 2.17. The molecule has 1 aromatic heterocycles. The lowest BCUT2D eigenvalue weighted by atomic mass is 10.1. The molecule has 4 heteroatoms. The van der Waals surface area contributed by atoms with Gasteiger partial charge in [-0.25, -0.2) is 0 Å². The van der Waals surface area contributed by atoms with Gasteiger partial charge in [-0.2, -0.15) is 0 Å². The standard InChI is InChI=1S/C17H30N2O2/c1-13-9-14(21-15(13)10-18-16(2,3)4)11-19-7-8-20-17(5,6)12-19/h9,18H,7-8,10-12H2,1-6H3. The van der Waals surface area contributed by atoms with Crippen LogP contribution in [0.1, 0.15) is 51.7 Å². The first-order valence-electron chi connectivity index (χ1n) is 7.84. The van der Waals surface area contributed by atoms with E-state index in [1.807, 2.05) is 0 Å². The van der Waals surface area contributed by atoms with E-state index >= 15 is 0 Å². The van der Waals surface area contributed by atoms with E-state index in [-0.39, 0.29) is 11.1 Å². The Morgan fingerprint density at radius 2 is 2.05 bits per heavy atom. The Balaban J connectivity index is 1.95. The highest BCUT2D eigenvalue weighted by molar-refractivity contribution is 5.20. The van der Waals surface area contributed by atoms with Crippen molar-refractivity contribution in [2.24, 2.45) is 0 Å². The Kier molecular flexibility index (Phi) is 4.81. The molecule has 0 unspecified atom stereocenters. The number of ether oxygens (including phenoxy) is 1. The van der Waals surface area contributed by atoms with E-state index in [1.54, 1.807) is 0 Å². The van der Waals surface area contributed by atoms with Crippen LogP contribution in [0.2, 0.25) is 0 Å². The van der Waals surface area contributed by atoms with Crippen LogP contribution in [-0.4, -0.2) is 35.7 Å². The lowest BCUT2D eigenvalue weighted by Gasteiger charge is -2.37. The summed E-state index contributed by atoms with van der Waals surface area (Å²) >= 11 is 0. The zero-order chi connectivity index (χ0) is 15.7. The molecule has 0 saturated carbocycles. The minimum Gasteiger partial charge on any atom is -0.463 e. The molecular formula is C17H30N2O2. The first-order valence-corrected chi connectivity index (χ1v) is 7.84. The lowest BCUT2D eigenvalue weighted by molar-refractivity contribution is -0.0894. The SMILES string of the molecule is Cc1cc(CN2CCOC(C)(C)C2)oc1CNC(C)(C)C. The van der Waals surface area contributed by atoms with E-state index in [0.717, 1.165) is 44.3 Å². The summed E-state index contributed by atoms with van der Waals surface area (Å²) in [5, 5.41) is 3.48. The third-order valence-corrected chi connectivity index (χ3v) is 3.74. The van der Waals surface area contributed by atoms with Crippen molar-refractivity contribution in [3.05, 3.63) is 23.2 Å². The second-order valence-corrected chi connectivity index (χ2v) is 7.74. The fourth-order valence-electron chi connectivity index (χ4n) is 2.66. The van der Waals surface area contributed by atoms with Crippen LogP contribution in [0.25, 0.3) is 0 Å². The van der Waals surface area contributed by atoms with Gasteiger partial charge in [-0.3, -0.25) is 4.90 Å². The van der Waals surface area contributed by atoms with Gasteiger partial charge in [0.05, 0.1) is 25.3 Å². The van der Waals surface area contributed by atoms with Gasteiger partial charge in [0, 0.05) is 18.6 Å². The highest BCUT2D eigenvalue weighted by atomic mass is 16.5. The fourth-order valence-corrected chi connectivity index (χ4v) is 2.66. The summed E-state index contributed by atoms with van der Waals surface area (Å²) in [4.78, 5) is 2.41. The molecule has 0 spiro atoms. The number of furan rings is 1. The van der Waals surface area contributed by atoms with Crippen molar-refractivity contribution >= 4 is 0 Å². The van der Waals surface area contributed by atoms with E-state index in [4.69, 9.17) is 9.15 Å². The predicted molar refractivity (Wildman–Crippen MR) is 85.3 cm³/mol. The largest absolute Gasteiger partial charge is 0.463 e. The molecule has 2 rings (SSSR count). The number of hydrogen-bond acceptors (Lipinski definition) is 4. The van der Waals surface area contributed by atoms with Crippen molar-refractivity contribution in [2.45, 2.75) is 65.8 Å². The molecule has 0 atom stereocenters. The Hall–Kier alpha value is -0.840. The molecule has 0 radical (unpaired) electrons. The molecule has 0 aliphatic carbocycles. The molecule has 1 aliphatic rings. The Morgan fingerprint density at radius 1 is 1.33 bits per heavy atom. The van der Waals surface area contributed by atoms with Crippen LogP contribution < -0.4 is 5.32 Å². The molecule has 4 nitrogen and oxygen atoms in total. The molecule has 0 bridgehead atoms. The van der Waals surface area contributed by atoms with Crippen LogP contribution >= 0.6 is 0 Å². The number of aryl methyl sites for hydroxylation is 1. The molecule has 2 heterocycles. The van der Waals surface area contributed by atoms with E-state index in [9.17, 15) is 0 Å². The summed E-state index contributed by atoms with van der Waals surface area (Å²) in [6.45, 7) is 17.3. The first-order chi connectivity index (χ1) is 9.65. The summed E-state index contributed by atoms with van der Waals surface area (Å²) in [5.41, 5.74) is 1.28. The molecule has 0 amide bonds.